The summed E-state index contributed by atoms with van der Waals surface area (Å²) in [5, 5.41) is 6.59. The van der Waals surface area contributed by atoms with Gasteiger partial charge in [0, 0.05) is 22.8 Å². The summed E-state index contributed by atoms with van der Waals surface area (Å²) in [5.74, 6) is -0.0499. The number of Topliss-reactive ketones (excluding diaryl/α,β-unsaturated/α-hetero) is 1. The van der Waals surface area contributed by atoms with Crippen LogP contribution in [-0.2, 0) is 11.2 Å². The van der Waals surface area contributed by atoms with Crippen LogP contribution < -0.4 is 10.6 Å². The normalized spacial score (nSPS) is 10.2. The molecule has 0 spiro atoms. The second-order valence-electron chi connectivity index (χ2n) is 5.21. The Hall–Kier alpha value is -2.33. The predicted molar refractivity (Wildman–Crippen MR) is 93.1 cm³/mol. The summed E-state index contributed by atoms with van der Waals surface area (Å²) in [6, 6.07) is 14.6. The van der Waals surface area contributed by atoms with Crippen LogP contribution in [0, 0.1) is 0 Å². The average Bonchev–Trinajstić information content (AvgIpc) is 2.55. The van der Waals surface area contributed by atoms with Crippen LogP contribution in [0.2, 0.25) is 5.02 Å². The number of hydrogen-bond donors (Lipinski definition) is 2. The molecule has 23 heavy (non-hydrogen) atoms. The molecular formula is C18H19ClN2O2. The van der Waals surface area contributed by atoms with Gasteiger partial charge in [0.1, 0.15) is 0 Å². The second-order valence-corrected chi connectivity index (χ2v) is 5.65. The zero-order valence-corrected chi connectivity index (χ0v) is 13.7. The molecule has 5 heteroatoms. The van der Waals surface area contributed by atoms with Gasteiger partial charge < -0.3 is 10.6 Å². The van der Waals surface area contributed by atoms with Crippen LogP contribution in [0.5, 0.6) is 0 Å². The van der Waals surface area contributed by atoms with Gasteiger partial charge in [-0.25, -0.2) is 0 Å². The summed E-state index contributed by atoms with van der Waals surface area (Å²) < 4.78 is 0. The van der Waals surface area contributed by atoms with Crippen LogP contribution in [-0.4, -0.2) is 24.8 Å². The maximum Gasteiger partial charge on any atom is 0.239 e. The molecule has 1 amide bonds. The molecule has 0 fully saturated rings. The third-order valence-corrected chi connectivity index (χ3v) is 3.65. The molecule has 2 N–H and O–H groups in total. The van der Waals surface area contributed by atoms with E-state index in [9.17, 15) is 9.59 Å². The second kappa shape index (κ2) is 8.34. The van der Waals surface area contributed by atoms with E-state index in [2.05, 4.69) is 10.6 Å². The van der Waals surface area contributed by atoms with Crippen molar-refractivity contribution in [3.8, 4) is 0 Å². The lowest BCUT2D eigenvalue weighted by Crippen LogP contribution is -2.31. The van der Waals surface area contributed by atoms with Crippen LogP contribution in [0.4, 0.5) is 5.69 Å². The number of carbonyl (C=O) groups excluding carboxylic acids is 2. The number of rotatable bonds is 7. The maximum absolute atomic E-state index is 11.8. The van der Waals surface area contributed by atoms with Gasteiger partial charge in [-0.05, 0) is 55.3 Å². The zero-order chi connectivity index (χ0) is 16.7. The van der Waals surface area contributed by atoms with Crippen LogP contribution in [0.15, 0.2) is 48.5 Å². The molecule has 0 unspecified atom stereocenters. The van der Waals surface area contributed by atoms with Gasteiger partial charge in [0.15, 0.2) is 5.78 Å². The molecule has 0 aliphatic heterocycles. The fraction of sp³-hybridized carbons (Fsp3) is 0.222. The van der Waals surface area contributed by atoms with Gasteiger partial charge in [0.2, 0.25) is 5.91 Å². The van der Waals surface area contributed by atoms with Crippen molar-refractivity contribution in [2.75, 3.05) is 18.4 Å². The van der Waals surface area contributed by atoms with Crippen molar-refractivity contribution in [1.29, 1.82) is 0 Å². The average molecular weight is 331 g/mol. The van der Waals surface area contributed by atoms with Gasteiger partial charge in [0.05, 0.1) is 6.54 Å². The summed E-state index contributed by atoms with van der Waals surface area (Å²) in [4.78, 5) is 23.0. The lowest BCUT2D eigenvalue weighted by molar-refractivity contribution is -0.119. The number of halogens is 1. The first-order valence-electron chi connectivity index (χ1n) is 7.40. The third kappa shape index (κ3) is 5.75. The van der Waals surface area contributed by atoms with Crippen LogP contribution in [0.1, 0.15) is 22.8 Å². The topological polar surface area (TPSA) is 58.2 Å². The molecule has 0 bridgehead atoms. The molecule has 0 aliphatic carbocycles. The molecule has 2 aromatic carbocycles. The maximum atomic E-state index is 11.8. The van der Waals surface area contributed by atoms with Crippen molar-refractivity contribution in [2.24, 2.45) is 0 Å². The lowest BCUT2D eigenvalue weighted by atomic mass is 10.1. The molecule has 120 valence electrons. The highest BCUT2D eigenvalue weighted by molar-refractivity contribution is 6.30. The molecule has 0 aromatic heterocycles. The summed E-state index contributed by atoms with van der Waals surface area (Å²) in [6.45, 7) is 2.29. The van der Waals surface area contributed by atoms with Gasteiger partial charge >= 0.3 is 0 Å². The van der Waals surface area contributed by atoms with Gasteiger partial charge in [-0.15, -0.1) is 0 Å². The minimum Gasteiger partial charge on any atom is -0.376 e. The minimum absolute atomic E-state index is 0.0245. The number of amides is 1. The van der Waals surface area contributed by atoms with Crippen molar-refractivity contribution in [1.82, 2.24) is 5.32 Å². The quantitative estimate of drug-likeness (QED) is 0.766. The van der Waals surface area contributed by atoms with Crippen molar-refractivity contribution in [3.05, 3.63) is 64.7 Å². The first kappa shape index (κ1) is 17.0. The van der Waals surface area contributed by atoms with E-state index < -0.39 is 0 Å². The van der Waals surface area contributed by atoms with Gasteiger partial charge in [-0.2, -0.15) is 0 Å². The Kier molecular flexibility index (Phi) is 6.18. The Morgan fingerprint density at radius 2 is 1.65 bits per heavy atom. The fourth-order valence-corrected chi connectivity index (χ4v) is 2.19. The van der Waals surface area contributed by atoms with E-state index in [1.807, 2.05) is 24.3 Å². The van der Waals surface area contributed by atoms with Crippen LogP contribution in [0.3, 0.4) is 0 Å². The number of ketones is 1. The summed E-state index contributed by atoms with van der Waals surface area (Å²) in [7, 11) is 0. The molecule has 0 heterocycles. The molecule has 2 aromatic rings. The highest BCUT2D eigenvalue weighted by Crippen LogP contribution is 2.10. The van der Waals surface area contributed by atoms with E-state index >= 15 is 0 Å². The van der Waals surface area contributed by atoms with Crippen molar-refractivity contribution >= 4 is 29.0 Å². The molecule has 4 nitrogen and oxygen atoms in total. The standard InChI is InChI=1S/C18H19ClN2O2/c1-13(22)15-4-8-17(9-5-15)21-12-18(23)20-11-10-14-2-6-16(19)7-3-14/h2-9,21H,10-12H2,1H3,(H,20,23). The van der Waals surface area contributed by atoms with E-state index in [0.29, 0.717) is 17.1 Å². The number of nitrogens with one attached hydrogen (secondary N) is 2. The van der Waals surface area contributed by atoms with Crippen LogP contribution in [0.25, 0.3) is 0 Å². The number of hydrogen-bond acceptors (Lipinski definition) is 3. The molecular weight excluding hydrogens is 312 g/mol. The Bertz CT molecular complexity index is 666. The molecule has 0 radical (unpaired) electrons. The van der Waals surface area contributed by atoms with E-state index in [4.69, 9.17) is 11.6 Å². The predicted octanol–water partition coefficient (Wildman–Crippen LogP) is 3.31. The molecule has 0 aliphatic rings. The van der Waals surface area contributed by atoms with Gasteiger partial charge in [0.25, 0.3) is 0 Å². The SMILES string of the molecule is CC(=O)c1ccc(NCC(=O)NCCc2ccc(Cl)cc2)cc1. The third-order valence-electron chi connectivity index (χ3n) is 3.39. The van der Waals surface area contributed by atoms with Crippen molar-refractivity contribution < 1.29 is 9.59 Å². The zero-order valence-electron chi connectivity index (χ0n) is 12.9. The highest BCUT2D eigenvalue weighted by Gasteiger charge is 2.02. The van der Waals surface area contributed by atoms with Crippen molar-refractivity contribution in [2.45, 2.75) is 13.3 Å². The molecule has 0 atom stereocenters. The van der Waals surface area contributed by atoms with E-state index in [1.165, 1.54) is 6.92 Å². The Balaban J connectivity index is 1.70. The monoisotopic (exact) mass is 330 g/mol. The summed E-state index contributed by atoms with van der Waals surface area (Å²) >= 11 is 5.83. The fourth-order valence-electron chi connectivity index (χ4n) is 2.06. The van der Waals surface area contributed by atoms with E-state index in [0.717, 1.165) is 17.7 Å². The van der Waals surface area contributed by atoms with Crippen LogP contribution >= 0.6 is 11.6 Å². The largest absolute Gasteiger partial charge is 0.376 e. The Morgan fingerprint density at radius 1 is 1.00 bits per heavy atom. The molecule has 0 saturated carbocycles. The van der Waals surface area contributed by atoms with E-state index in [1.54, 1.807) is 24.3 Å². The Morgan fingerprint density at radius 3 is 2.26 bits per heavy atom. The van der Waals surface area contributed by atoms with Gasteiger partial charge in [-0.1, -0.05) is 23.7 Å². The lowest BCUT2D eigenvalue weighted by Gasteiger charge is -2.08. The molecule has 2 rings (SSSR count). The number of anilines is 1. The first-order chi connectivity index (χ1) is 11.0. The molecule has 0 saturated heterocycles. The summed E-state index contributed by atoms with van der Waals surface area (Å²) in [5.41, 5.74) is 2.59. The highest BCUT2D eigenvalue weighted by atomic mass is 35.5. The van der Waals surface area contributed by atoms with Crippen molar-refractivity contribution in [3.63, 3.8) is 0 Å². The Labute approximate surface area is 140 Å². The smallest absolute Gasteiger partial charge is 0.239 e. The van der Waals surface area contributed by atoms with E-state index in [-0.39, 0.29) is 18.2 Å². The first-order valence-corrected chi connectivity index (χ1v) is 7.78. The van der Waals surface area contributed by atoms with Gasteiger partial charge in [-0.3, -0.25) is 9.59 Å². The number of benzene rings is 2. The summed E-state index contributed by atoms with van der Waals surface area (Å²) in [6.07, 6.45) is 0.760. The minimum atomic E-state index is -0.0744. The number of carbonyl (C=O) groups is 2.